The van der Waals surface area contributed by atoms with Crippen LogP contribution in [0.1, 0.15) is 23.6 Å². The molecular weight excluding hydrogens is 240 g/mol. The van der Waals surface area contributed by atoms with E-state index in [-0.39, 0.29) is 6.04 Å². The number of hydrogen-bond donors (Lipinski definition) is 3. The maximum atomic E-state index is 6.01. The summed E-state index contributed by atoms with van der Waals surface area (Å²) < 4.78 is 1.93. The Morgan fingerprint density at radius 3 is 3.05 bits per heavy atom. The van der Waals surface area contributed by atoms with E-state index in [1.54, 1.807) is 0 Å². The average Bonchev–Trinajstić information content (AvgIpc) is 2.85. The summed E-state index contributed by atoms with van der Waals surface area (Å²) in [4.78, 5) is 4.38. The first-order chi connectivity index (χ1) is 9.19. The third kappa shape index (κ3) is 1.99. The first-order valence-corrected chi connectivity index (χ1v) is 6.43. The van der Waals surface area contributed by atoms with Crippen molar-refractivity contribution in [1.29, 1.82) is 0 Å². The average molecular weight is 258 g/mol. The molecule has 0 saturated heterocycles. The topological polar surface area (TPSA) is 80.8 Å². The van der Waals surface area contributed by atoms with Gasteiger partial charge in [0.05, 0.1) is 6.04 Å². The van der Waals surface area contributed by atoms with E-state index in [0.29, 0.717) is 5.95 Å². The van der Waals surface area contributed by atoms with E-state index >= 15 is 0 Å². The summed E-state index contributed by atoms with van der Waals surface area (Å²) in [5.74, 6) is 1.44. The lowest BCUT2D eigenvalue weighted by Crippen LogP contribution is -2.24. The minimum Gasteiger partial charge on any atom is -0.399 e. The molecule has 19 heavy (non-hydrogen) atoms. The van der Waals surface area contributed by atoms with E-state index in [2.05, 4.69) is 32.8 Å². The Balaban J connectivity index is 2.02. The van der Waals surface area contributed by atoms with Crippen LogP contribution in [0, 0.1) is 6.92 Å². The van der Waals surface area contributed by atoms with Crippen LogP contribution in [-0.4, -0.2) is 28.4 Å². The zero-order chi connectivity index (χ0) is 13.4. The van der Waals surface area contributed by atoms with Gasteiger partial charge >= 0.3 is 0 Å². The van der Waals surface area contributed by atoms with Crippen molar-refractivity contribution in [2.24, 2.45) is 0 Å². The van der Waals surface area contributed by atoms with Gasteiger partial charge in [-0.2, -0.15) is 4.98 Å². The van der Waals surface area contributed by atoms with Crippen LogP contribution in [-0.2, 0) is 0 Å². The van der Waals surface area contributed by atoms with E-state index in [1.807, 2.05) is 24.7 Å². The number of nitrogens with two attached hydrogens (primary N) is 1. The van der Waals surface area contributed by atoms with Gasteiger partial charge in [-0.3, -0.25) is 0 Å². The third-order valence-electron chi connectivity index (χ3n) is 3.54. The number of benzene rings is 1. The molecule has 0 radical (unpaired) electrons. The van der Waals surface area contributed by atoms with Gasteiger partial charge in [0.15, 0.2) is 0 Å². The van der Waals surface area contributed by atoms with Gasteiger partial charge in [-0.1, -0.05) is 12.1 Å². The Morgan fingerprint density at radius 1 is 1.47 bits per heavy atom. The molecule has 1 aliphatic heterocycles. The van der Waals surface area contributed by atoms with Gasteiger partial charge in [0.25, 0.3) is 0 Å². The van der Waals surface area contributed by atoms with Gasteiger partial charge in [-0.25, -0.2) is 4.68 Å². The summed E-state index contributed by atoms with van der Waals surface area (Å²) in [6.07, 6.45) is 0.974. The maximum Gasteiger partial charge on any atom is 0.243 e. The van der Waals surface area contributed by atoms with Gasteiger partial charge < -0.3 is 16.4 Å². The van der Waals surface area contributed by atoms with Crippen molar-refractivity contribution in [2.45, 2.75) is 19.4 Å². The van der Waals surface area contributed by atoms with Gasteiger partial charge in [-0.05, 0) is 30.5 Å². The first-order valence-electron chi connectivity index (χ1n) is 6.43. The fraction of sp³-hybridized carbons (Fsp3) is 0.385. The number of nitrogens with zero attached hydrogens (tertiary/aromatic N) is 3. The lowest BCUT2D eigenvalue weighted by molar-refractivity contribution is 0.481. The van der Waals surface area contributed by atoms with E-state index in [4.69, 9.17) is 5.73 Å². The van der Waals surface area contributed by atoms with E-state index < -0.39 is 0 Å². The zero-order valence-electron chi connectivity index (χ0n) is 11.1. The Bertz CT molecular complexity index is 603. The van der Waals surface area contributed by atoms with Crippen LogP contribution >= 0.6 is 0 Å². The lowest BCUT2D eigenvalue weighted by Gasteiger charge is -2.25. The highest BCUT2D eigenvalue weighted by Crippen LogP contribution is 2.30. The monoisotopic (exact) mass is 258 g/mol. The normalized spacial score (nSPS) is 17.7. The Kier molecular flexibility index (Phi) is 2.77. The first kappa shape index (κ1) is 11.8. The highest BCUT2D eigenvalue weighted by atomic mass is 15.5. The van der Waals surface area contributed by atoms with Crippen molar-refractivity contribution in [3.05, 3.63) is 29.3 Å². The van der Waals surface area contributed by atoms with Crippen molar-refractivity contribution in [2.75, 3.05) is 30.0 Å². The number of aryl methyl sites for hydroxylation is 1. The van der Waals surface area contributed by atoms with Gasteiger partial charge in [0.1, 0.15) is 0 Å². The SMILES string of the molecule is CNc1nc2n(n1)C(c1ccc(C)c(N)c1)CCN2. The second-order valence-corrected chi connectivity index (χ2v) is 4.80. The van der Waals surface area contributed by atoms with E-state index in [9.17, 15) is 0 Å². The van der Waals surface area contributed by atoms with E-state index in [0.717, 1.165) is 30.2 Å². The van der Waals surface area contributed by atoms with Gasteiger partial charge in [-0.15, -0.1) is 5.10 Å². The fourth-order valence-corrected chi connectivity index (χ4v) is 2.38. The molecule has 3 rings (SSSR count). The molecule has 4 N–H and O–H groups in total. The summed E-state index contributed by atoms with van der Waals surface area (Å²) in [7, 11) is 1.82. The number of nitrogens with one attached hydrogen (secondary N) is 2. The standard InChI is InChI=1S/C13H18N6/c1-8-3-4-9(7-10(8)14)11-5-6-16-13-17-12(15-2)18-19(11)13/h3-4,7,11H,5-6,14H2,1-2H3,(H2,15,16,17,18). The number of hydrogen-bond acceptors (Lipinski definition) is 5. The quantitative estimate of drug-likeness (QED) is 0.713. The van der Waals surface area contributed by atoms with Crippen molar-refractivity contribution in [1.82, 2.24) is 14.8 Å². The molecule has 0 fully saturated rings. The number of fused-ring (bicyclic) bond motifs is 1. The number of anilines is 3. The van der Waals surface area contributed by atoms with Crippen LogP contribution in [0.15, 0.2) is 18.2 Å². The highest BCUT2D eigenvalue weighted by Gasteiger charge is 2.24. The number of rotatable bonds is 2. The zero-order valence-corrected chi connectivity index (χ0v) is 11.1. The van der Waals surface area contributed by atoms with Gasteiger partial charge in [0.2, 0.25) is 11.9 Å². The van der Waals surface area contributed by atoms with Crippen LogP contribution in [0.4, 0.5) is 17.6 Å². The molecule has 1 aromatic carbocycles. The highest BCUT2D eigenvalue weighted by molar-refractivity contribution is 5.50. The summed E-state index contributed by atoms with van der Waals surface area (Å²) in [6, 6.07) is 6.40. The molecule has 1 atom stereocenters. The van der Waals surface area contributed by atoms with Gasteiger partial charge in [0, 0.05) is 19.3 Å². The summed E-state index contributed by atoms with van der Waals surface area (Å²) in [5.41, 5.74) is 9.11. The predicted octanol–water partition coefficient (Wildman–Crippen LogP) is 1.62. The van der Waals surface area contributed by atoms with Crippen molar-refractivity contribution < 1.29 is 0 Å². The molecule has 2 heterocycles. The van der Waals surface area contributed by atoms with Crippen LogP contribution < -0.4 is 16.4 Å². The number of aromatic nitrogens is 3. The van der Waals surface area contributed by atoms with Crippen molar-refractivity contribution in [3.63, 3.8) is 0 Å². The summed E-state index contributed by atoms with van der Waals surface area (Å²) >= 11 is 0. The van der Waals surface area contributed by atoms with Crippen LogP contribution in [0.25, 0.3) is 0 Å². The number of nitrogen functional groups attached to an aromatic ring is 1. The van der Waals surface area contributed by atoms with Crippen LogP contribution in [0.2, 0.25) is 0 Å². The summed E-state index contributed by atoms with van der Waals surface area (Å²) in [5, 5.41) is 10.7. The third-order valence-corrected chi connectivity index (χ3v) is 3.54. The Hall–Kier alpha value is -2.24. The molecule has 6 nitrogen and oxygen atoms in total. The molecule has 0 aliphatic carbocycles. The van der Waals surface area contributed by atoms with Crippen molar-refractivity contribution >= 4 is 17.6 Å². The predicted molar refractivity (Wildman–Crippen MR) is 76.4 cm³/mol. The molecule has 1 aliphatic rings. The minimum absolute atomic E-state index is 0.189. The molecule has 0 amide bonds. The molecule has 1 unspecified atom stereocenters. The summed E-state index contributed by atoms with van der Waals surface area (Å²) in [6.45, 7) is 2.90. The molecule has 1 aromatic heterocycles. The molecule has 0 saturated carbocycles. The second-order valence-electron chi connectivity index (χ2n) is 4.80. The fourth-order valence-electron chi connectivity index (χ4n) is 2.38. The lowest BCUT2D eigenvalue weighted by atomic mass is 10.0. The Labute approximate surface area is 112 Å². The minimum atomic E-state index is 0.189. The molecule has 0 spiro atoms. The van der Waals surface area contributed by atoms with E-state index in [1.165, 1.54) is 5.56 Å². The van der Waals surface area contributed by atoms with Crippen molar-refractivity contribution in [3.8, 4) is 0 Å². The molecule has 0 bridgehead atoms. The smallest absolute Gasteiger partial charge is 0.243 e. The van der Waals surface area contributed by atoms with Crippen LogP contribution in [0.3, 0.4) is 0 Å². The largest absolute Gasteiger partial charge is 0.399 e. The maximum absolute atomic E-state index is 6.01. The molecule has 100 valence electrons. The van der Waals surface area contributed by atoms with Crippen LogP contribution in [0.5, 0.6) is 0 Å². The molecule has 6 heteroatoms. The second kappa shape index (κ2) is 4.46. The molecular formula is C13H18N6. The molecule has 2 aromatic rings. The Morgan fingerprint density at radius 2 is 2.32 bits per heavy atom.